The van der Waals surface area contributed by atoms with Crippen molar-refractivity contribution in [1.29, 1.82) is 0 Å². The highest BCUT2D eigenvalue weighted by atomic mass is 16.7. The van der Waals surface area contributed by atoms with Gasteiger partial charge in [-0.1, -0.05) is 24.3 Å². The van der Waals surface area contributed by atoms with Crippen molar-refractivity contribution in [3.8, 4) is 0 Å². The maximum absolute atomic E-state index is 6.12. The van der Waals surface area contributed by atoms with Gasteiger partial charge in [-0.3, -0.25) is 4.90 Å². The molecule has 2 fully saturated rings. The number of rotatable bonds is 3. The van der Waals surface area contributed by atoms with E-state index in [4.69, 9.17) is 14.0 Å². The predicted octanol–water partition coefficient (Wildman–Crippen LogP) is 2.60. The van der Waals surface area contributed by atoms with Gasteiger partial charge in [0.05, 0.1) is 23.4 Å². The fourth-order valence-electron chi connectivity index (χ4n) is 3.43. The first kappa shape index (κ1) is 17.9. The number of ether oxygens (including phenoxy) is 1. The van der Waals surface area contributed by atoms with Gasteiger partial charge in [-0.15, -0.1) is 0 Å². The molecule has 132 valence electrons. The number of benzene rings is 1. The lowest BCUT2D eigenvalue weighted by molar-refractivity contribution is -0.0704. The van der Waals surface area contributed by atoms with Crippen molar-refractivity contribution < 1.29 is 14.0 Å². The fraction of sp³-hybridized carbons (Fsp3) is 0.684. The molecule has 0 aliphatic carbocycles. The van der Waals surface area contributed by atoms with Crippen LogP contribution in [0, 0.1) is 0 Å². The highest BCUT2D eigenvalue weighted by Gasteiger charge is 2.51. The van der Waals surface area contributed by atoms with Crippen LogP contribution in [0.5, 0.6) is 0 Å². The topological polar surface area (TPSA) is 30.9 Å². The molecule has 2 heterocycles. The van der Waals surface area contributed by atoms with Crippen LogP contribution in [0.25, 0.3) is 0 Å². The molecule has 5 heteroatoms. The van der Waals surface area contributed by atoms with Crippen LogP contribution in [0.4, 0.5) is 0 Å². The molecule has 0 bridgehead atoms. The second-order valence-electron chi connectivity index (χ2n) is 8.28. The molecule has 1 aromatic rings. The standard InChI is InChI=1S/C19H30BNO3/c1-14-11-21(12-15(2)22-14)13-16-7-9-17(10-8-16)20-23-18(3,4)19(5,6)24-20/h7-10,14-15H,11-13H2,1-6H3. The van der Waals surface area contributed by atoms with Crippen molar-refractivity contribution in [3.05, 3.63) is 29.8 Å². The summed E-state index contributed by atoms with van der Waals surface area (Å²) in [6.07, 6.45) is 0.607. The third kappa shape index (κ3) is 3.69. The molecular weight excluding hydrogens is 301 g/mol. The van der Waals surface area contributed by atoms with Crippen molar-refractivity contribution >= 4 is 12.6 Å². The van der Waals surface area contributed by atoms with Crippen LogP contribution in [0.1, 0.15) is 47.1 Å². The Hall–Kier alpha value is -0.875. The predicted molar refractivity (Wildman–Crippen MR) is 97.4 cm³/mol. The Kier molecular flexibility index (Phi) is 4.82. The monoisotopic (exact) mass is 331 g/mol. The van der Waals surface area contributed by atoms with Gasteiger partial charge in [-0.25, -0.2) is 0 Å². The van der Waals surface area contributed by atoms with Crippen LogP contribution >= 0.6 is 0 Å². The van der Waals surface area contributed by atoms with E-state index in [0.717, 1.165) is 25.1 Å². The van der Waals surface area contributed by atoms with Crippen LogP contribution in [0.3, 0.4) is 0 Å². The van der Waals surface area contributed by atoms with Gasteiger partial charge >= 0.3 is 7.12 Å². The first-order valence-corrected chi connectivity index (χ1v) is 8.98. The Balaban J connectivity index is 1.64. The zero-order valence-electron chi connectivity index (χ0n) is 15.8. The molecule has 0 amide bonds. The molecule has 4 nitrogen and oxygen atoms in total. The van der Waals surface area contributed by atoms with Crippen LogP contribution in [-0.4, -0.2) is 48.5 Å². The summed E-state index contributed by atoms with van der Waals surface area (Å²) in [5.74, 6) is 0. The van der Waals surface area contributed by atoms with Crippen molar-refractivity contribution in [2.24, 2.45) is 0 Å². The molecule has 1 aromatic carbocycles. The summed E-state index contributed by atoms with van der Waals surface area (Å²) < 4.78 is 18.0. The van der Waals surface area contributed by atoms with Gasteiger partial charge in [0, 0.05) is 19.6 Å². The Morgan fingerprint density at radius 2 is 1.46 bits per heavy atom. The van der Waals surface area contributed by atoms with Crippen LogP contribution in [0.2, 0.25) is 0 Å². The summed E-state index contributed by atoms with van der Waals surface area (Å²) in [6.45, 7) is 15.6. The van der Waals surface area contributed by atoms with E-state index < -0.39 is 0 Å². The molecule has 0 spiro atoms. The zero-order valence-corrected chi connectivity index (χ0v) is 15.8. The van der Waals surface area contributed by atoms with Gasteiger partial charge in [-0.2, -0.15) is 0 Å². The van der Waals surface area contributed by atoms with Gasteiger partial charge in [0.1, 0.15) is 0 Å². The van der Waals surface area contributed by atoms with Crippen LogP contribution in [0.15, 0.2) is 24.3 Å². The maximum Gasteiger partial charge on any atom is 0.494 e. The molecule has 2 aliphatic heterocycles. The van der Waals surface area contributed by atoms with Gasteiger partial charge in [0.25, 0.3) is 0 Å². The lowest BCUT2D eigenvalue weighted by atomic mass is 9.79. The first-order valence-electron chi connectivity index (χ1n) is 8.98. The summed E-state index contributed by atoms with van der Waals surface area (Å²) in [6, 6.07) is 8.63. The van der Waals surface area contributed by atoms with Crippen LogP contribution in [-0.2, 0) is 20.6 Å². The summed E-state index contributed by atoms with van der Waals surface area (Å²) >= 11 is 0. The SMILES string of the molecule is CC1CN(Cc2ccc(B3OC(C)(C)C(C)(C)O3)cc2)CC(C)O1. The van der Waals surface area contributed by atoms with Crippen molar-refractivity contribution in [1.82, 2.24) is 4.90 Å². The van der Waals surface area contributed by atoms with Gasteiger partial charge in [0.2, 0.25) is 0 Å². The zero-order chi connectivity index (χ0) is 17.5. The second kappa shape index (κ2) is 6.45. The first-order chi connectivity index (χ1) is 11.2. The van der Waals surface area contributed by atoms with E-state index >= 15 is 0 Å². The van der Waals surface area contributed by atoms with Gasteiger partial charge in [-0.05, 0) is 52.6 Å². The Morgan fingerprint density at radius 1 is 0.958 bits per heavy atom. The maximum atomic E-state index is 6.12. The summed E-state index contributed by atoms with van der Waals surface area (Å²) in [4.78, 5) is 2.46. The highest BCUT2D eigenvalue weighted by molar-refractivity contribution is 6.62. The van der Waals surface area contributed by atoms with E-state index in [1.165, 1.54) is 5.56 Å². The average molecular weight is 331 g/mol. The number of hydrogen-bond donors (Lipinski definition) is 0. The van der Waals surface area contributed by atoms with Crippen LogP contribution < -0.4 is 5.46 Å². The summed E-state index contributed by atoms with van der Waals surface area (Å²) in [5, 5.41) is 0. The number of nitrogens with zero attached hydrogens (tertiary/aromatic N) is 1. The number of hydrogen-bond acceptors (Lipinski definition) is 4. The lowest BCUT2D eigenvalue weighted by Crippen LogP contribution is -2.44. The van der Waals surface area contributed by atoms with E-state index in [1.54, 1.807) is 0 Å². The minimum atomic E-state index is -0.295. The van der Waals surface area contributed by atoms with E-state index in [0.29, 0.717) is 12.2 Å². The van der Waals surface area contributed by atoms with E-state index in [-0.39, 0.29) is 18.3 Å². The number of morpholine rings is 1. The average Bonchev–Trinajstić information content (AvgIpc) is 2.67. The fourth-order valence-corrected chi connectivity index (χ4v) is 3.43. The summed E-state index contributed by atoms with van der Waals surface area (Å²) in [5.41, 5.74) is 1.81. The Labute approximate surface area is 146 Å². The van der Waals surface area contributed by atoms with E-state index in [2.05, 4.69) is 70.7 Å². The molecule has 2 saturated heterocycles. The smallest absolute Gasteiger partial charge is 0.399 e. The molecular formula is C19H30BNO3. The quantitative estimate of drug-likeness (QED) is 0.797. The lowest BCUT2D eigenvalue weighted by Gasteiger charge is -2.35. The molecule has 0 N–H and O–H groups in total. The molecule has 2 atom stereocenters. The molecule has 0 aromatic heterocycles. The Morgan fingerprint density at radius 3 is 1.96 bits per heavy atom. The van der Waals surface area contributed by atoms with E-state index in [9.17, 15) is 0 Å². The molecule has 24 heavy (non-hydrogen) atoms. The third-order valence-electron chi connectivity index (χ3n) is 5.41. The Bertz CT molecular complexity index is 546. The van der Waals surface area contributed by atoms with E-state index in [1.807, 2.05) is 0 Å². The van der Waals surface area contributed by atoms with Crippen molar-refractivity contribution in [2.75, 3.05) is 13.1 Å². The van der Waals surface area contributed by atoms with Crippen molar-refractivity contribution in [2.45, 2.75) is 71.5 Å². The largest absolute Gasteiger partial charge is 0.494 e. The minimum absolute atomic E-state index is 0.285. The normalized spacial score (nSPS) is 29.8. The van der Waals surface area contributed by atoms with Gasteiger partial charge in [0.15, 0.2) is 0 Å². The van der Waals surface area contributed by atoms with Crippen molar-refractivity contribution in [3.63, 3.8) is 0 Å². The molecule has 2 unspecified atom stereocenters. The highest BCUT2D eigenvalue weighted by Crippen LogP contribution is 2.36. The molecule has 3 rings (SSSR count). The summed E-state index contributed by atoms with van der Waals surface area (Å²) in [7, 11) is -0.285. The molecule has 0 radical (unpaired) electrons. The van der Waals surface area contributed by atoms with Gasteiger partial charge < -0.3 is 14.0 Å². The minimum Gasteiger partial charge on any atom is -0.399 e. The third-order valence-corrected chi connectivity index (χ3v) is 5.41. The molecule has 2 aliphatic rings. The molecule has 0 saturated carbocycles. The second-order valence-corrected chi connectivity index (χ2v) is 8.28.